The van der Waals surface area contributed by atoms with E-state index in [-0.39, 0.29) is 6.04 Å². The van der Waals surface area contributed by atoms with E-state index in [1.807, 2.05) is 24.5 Å². The molecule has 0 aliphatic rings. The lowest BCUT2D eigenvalue weighted by atomic mass is 10.2. The van der Waals surface area contributed by atoms with Crippen LogP contribution < -0.4 is 11.3 Å². The smallest absolute Gasteiger partial charge is 0.110 e. The Morgan fingerprint density at radius 3 is 3.05 bits per heavy atom. The quantitative estimate of drug-likeness (QED) is 0.426. The lowest BCUT2D eigenvalue weighted by Crippen LogP contribution is -2.39. The Bertz CT molecular complexity index is 558. The summed E-state index contributed by atoms with van der Waals surface area (Å²) in [4.78, 5) is 5.68. The molecular weight excluding hydrogens is 348 g/mol. The normalized spacial score (nSPS) is 12.5. The van der Waals surface area contributed by atoms with Crippen LogP contribution in [0.1, 0.15) is 19.2 Å². The van der Waals surface area contributed by atoms with E-state index in [1.165, 1.54) is 4.90 Å². The van der Waals surface area contributed by atoms with Gasteiger partial charge in [-0.05, 0) is 24.6 Å². The summed E-state index contributed by atoms with van der Waals surface area (Å²) in [6.45, 7) is 3.18. The molecule has 0 bridgehead atoms. The highest BCUT2D eigenvalue weighted by Crippen LogP contribution is 2.23. The van der Waals surface area contributed by atoms with E-state index in [9.17, 15) is 0 Å². The first-order valence-electron chi connectivity index (χ1n) is 7.07. The number of aryl methyl sites for hydroxylation is 1. The fourth-order valence-corrected chi connectivity index (χ4v) is 3.66. The van der Waals surface area contributed by atoms with Crippen LogP contribution in [-0.2, 0) is 13.0 Å². The first-order valence-corrected chi connectivity index (χ1v) is 8.85. The minimum Gasteiger partial charge on any atom is -0.335 e. The first kappa shape index (κ1) is 16.5. The van der Waals surface area contributed by atoms with Gasteiger partial charge in [-0.25, -0.2) is 4.98 Å². The van der Waals surface area contributed by atoms with Crippen LogP contribution in [0.4, 0.5) is 0 Å². The summed E-state index contributed by atoms with van der Waals surface area (Å²) in [7, 11) is 0. The minimum atomic E-state index is 0.201. The van der Waals surface area contributed by atoms with Crippen molar-refractivity contribution in [3.8, 4) is 0 Å². The zero-order valence-corrected chi connectivity index (χ0v) is 14.5. The second-order valence-electron chi connectivity index (χ2n) is 4.87. The molecule has 0 aliphatic carbocycles. The van der Waals surface area contributed by atoms with Gasteiger partial charge in [0.05, 0.1) is 0 Å². The van der Waals surface area contributed by atoms with Crippen LogP contribution in [-0.4, -0.2) is 21.3 Å². The molecule has 3 N–H and O–H groups in total. The van der Waals surface area contributed by atoms with Crippen LogP contribution in [0, 0.1) is 0 Å². The zero-order chi connectivity index (χ0) is 15.1. The molecule has 0 saturated carbocycles. The van der Waals surface area contributed by atoms with Crippen LogP contribution in [0.3, 0.4) is 0 Å². The summed E-state index contributed by atoms with van der Waals surface area (Å²) in [6, 6.07) is 8.51. The highest BCUT2D eigenvalue weighted by atomic mass is 79.9. The molecule has 0 fully saturated rings. The number of thioether (sulfide) groups is 1. The topological polar surface area (TPSA) is 55.9 Å². The molecule has 1 aromatic carbocycles. The van der Waals surface area contributed by atoms with Gasteiger partial charge >= 0.3 is 0 Å². The summed E-state index contributed by atoms with van der Waals surface area (Å²) in [5, 5.41) is 0. The van der Waals surface area contributed by atoms with E-state index in [4.69, 9.17) is 5.84 Å². The van der Waals surface area contributed by atoms with Crippen molar-refractivity contribution < 1.29 is 0 Å². The van der Waals surface area contributed by atoms with Crippen molar-refractivity contribution in [2.24, 2.45) is 5.84 Å². The molecule has 0 radical (unpaired) electrons. The number of hydrazine groups is 1. The predicted octanol–water partition coefficient (Wildman–Crippen LogP) is 3.22. The number of imidazole rings is 1. The van der Waals surface area contributed by atoms with Crippen molar-refractivity contribution in [3.63, 3.8) is 0 Å². The molecule has 6 heteroatoms. The van der Waals surface area contributed by atoms with Gasteiger partial charge in [0.25, 0.3) is 0 Å². The molecule has 1 atom stereocenters. The van der Waals surface area contributed by atoms with Gasteiger partial charge < -0.3 is 4.57 Å². The van der Waals surface area contributed by atoms with Gasteiger partial charge in [-0.1, -0.05) is 28.9 Å². The Hall–Kier alpha value is -0.820. The van der Waals surface area contributed by atoms with E-state index < -0.39 is 0 Å². The van der Waals surface area contributed by atoms with Crippen molar-refractivity contribution >= 4 is 27.7 Å². The maximum Gasteiger partial charge on any atom is 0.110 e. The van der Waals surface area contributed by atoms with Crippen LogP contribution in [0.25, 0.3) is 0 Å². The van der Waals surface area contributed by atoms with Gasteiger partial charge in [0.15, 0.2) is 0 Å². The van der Waals surface area contributed by atoms with Crippen molar-refractivity contribution in [2.75, 3.05) is 5.75 Å². The molecule has 4 nitrogen and oxygen atoms in total. The number of hydrogen-bond acceptors (Lipinski definition) is 4. The van der Waals surface area contributed by atoms with Gasteiger partial charge in [0.1, 0.15) is 5.82 Å². The fraction of sp³-hybridized carbons (Fsp3) is 0.400. The summed E-state index contributed by atoms with van der Waals surface area (Å²) in [5.74, 6) is 7.70. The minimum absolute atomic E-state index is 0.201. The fourth-order valence-electron chi connectivity index (χ4n) is 2.11. The van der Waals surface area contributed by atoms with Gasteiger partial charge in [-0.2, -0.15) is 0 Å². The Labute approximate surface area is 138 Å². The van der Waals surface area contributed by atoms with Crippen molar-refractivity contribution in [1.29, 1.82) is 0 Å². The maximum atomic E-state index is 5.70. The summed E-state index contributed by atoms with van der Waals surface area (Å²) < 4.78 is 3.30. The molecule has 2 aromatic rings. The second kappa shape index (κ2) is 8.58. The van der Waals surface area contributed by atoms with Crippen molar-refractivity contribution in [1.82, 2.24) is 15.0 Å². The highest BCUT2D eigenvalue weighted by Gasteiger charge is 2.12. The lowest BCUT2D eigenvalue weighted by molar-refractivity contribution is 0.535. The molecule has 1 aromatic heterocycles. The van der Waals surface area contributed by atoms with Crippen molar-refractivity contribution in [2.45, 2.75) is 37.2 Å². The lowest BCUT2D eigenvalue weighted by Gasteiger charge is -2.16. The van der Waals surface area contributed by atoms with E-state index in [0.29, 0.717) is 0 Å². The van der Waals surface area contributed by atoms with Gasteiger partial charge in [0.2, 0.25) is 0 Å². The Balaban J connectivity index is 1.92. The number of benzene rings is 1. The molecule has 21 heavy (non-hydrogen) atoms. The molecule has 114 valence electrons. The molecular formula is C15H21BrN4S. The van der Waals surface area contributed by atoms with Crippen molar-refractivity contribution in [3.05, 3.63) is 47.0 Å². The first-order chi connectivity index (χ1) is 10.2. The molecule has 1 heterocycles. The molecule has 0 amide bonds. The average Bonchev–Trinajstić information content (AvgIpc) is 2.91. The number of aromatic nitrogens is 2. The number of rotatable bonds is 8. The number of hydrogen-bond donors (Lipinski definition) is 2. The average molecular weight is 369 g/mol. The molecule has 0 spiro atoms. The van der Waals surface area contributed by atoms with E-state index in [2.05, 4.69) is 50.0 Å². The van der Waals surface area contributed by atoms with E-state index in [1.54, 1.807) is 11.8 Å². The summed E-state index contributed by atoms with van der Waals surface area (Å²) >= 11 is 5.29. The third kappa shape index (κ3) is 5.14. The number of nitrogens with two attached hydrogens (primary N) is 1. The van der Waals surface area contributed by atoms with Crippen LogP contribution in [0.15, 0.2) is 46.0 Å². The zero-order valence-electron chi connectivity index (χ0n) is 12.1. The van der Waals surface area contributed by atoms with Gasteiger partial charge in [0, 0.05) is 46.5 Å². The Morgan fingerprint density at radius 2 is 2.33 bits per heavy atom. The maximum absolute atomic E-state index is 5.70. The standard InChI is InChI=1S/C15H21BrN4S/c1-2-7-20-8-6-18-15(20)10-13(19-17)11-21-14-5-3-4-12(16)9-14/h3-6,8-9,13,19H,2,7,10-11,17H2,1H3. The van der Waals surface area contributed by atoms with E-state index in [0.717, 1.165) is 35.4 Å². The second-order valence-corrected chi connectivity index (χ2v) is 6.88. The number of nitrogens with zero attached hydrogens (tertiary/aromatic N) is 2. The Kier molecular flexibility index (Phi) is 6.76. The Morgan fingerprint density at radius 1 is 1.48 bits per heavy atom. The number of halogens is 1. The molecule has 0 saturated heterocycles. The highest BCUT2D eigenvalue weighted by molar-refractivity contribution is 9.10. The third-order valence-corrected chi connectivity index (χ3v) is 4.83. The predicted molar refractivity (Wildman–Crippen MR) is 92.2 cm³/mol. The largest absolute Gasteiger partial charge is 0.335 e. The molecule has 1 unspecified atom stereocenters. The van der Waals surface area contributed by atoms with Gasteiger partial charge in [-0.15, -0.1) is 11.8 Å². The summed E-state index contributed by atoms with van der Waals surface area (Å²) in [6.07, 6.45) is 5.84. The number of nitrogens with one attached hydrogen (secondary N) is 1. The van der Waals surface area contributed by atoms with Crippen LogP contribution in [0.2, 0.25) is 0 Å². The summed E-state index contributed by atoms with van der Waals surface area (Å²) in [5.41, 5.74) is 2.91. The third-order valence-electron chi connectivity index (χ3n) is 3.18. The van der Waals surface area contributed by atoms with E-state index >= 15 is 0 Å². The monoisotopic (exact) mass is 368 g/mol. The van der Waals surface area contributed by atoms with Gasteiger partial charge in [-0.3, -0.25) is 11.3 Å². The van der Waals surface area contributed by atoms with Crippen LogP contribution in [0.5, 0.6) is 0 Å². The molecule has 0 aliphatic heterocycles. The molecule has 2 rings (SSSR count). The van der Waals surface area contributed by atoms with Crippen LogP contribution >= 0.6 is 27.7 Å². The SMILES string of the molecule is CCCn1ccnc1CC(CSc1cccc(Br)c1)NN.